The molecular weight excluding hydrogens is 463 g/mol. The topological polar surface area (TPSA) is 58.5 Å². The molecule has 146 valence electrons. The summed E-state index contributed by atoms with van der Waals surface area (Å²) < 4.78 is 5.89. The maximum atomic E-state index is 5.89. The van der Waals surface area contributed by atoms with Crippen LogP contribution in [0.3, 0.4) is 0 Å². The summed E-state index contributed by atoms with van der Waals surface area (Å²) in [5.41, 5.74) is 2.18. The monoisotopic (exact) mass is 488 g/mol. The van der Waals surface area contributed by atoms with Gasteiger partial charge in [-0.3, -0.25) is 9.98 Å². The lowest BCUT2D eigenvalue weighted by Crippen LogP contribution is -2.37. The average molecular weight is 488 g/mol. The van der Waals surface area contributed by atoms with E-state index < -0.39 is 0 Å². The van der Waals surface area contributed by atoms with Gasteiger partial charge in [0, 0.05) is 38.4 Å². The van der Waals surface area contributed by atoms with Gasteiger partial charge in [-0.25, -0.2) is 0 Å². The van der Waals surface area contributed by atoms with Gasteiger partial charge in [0.15, 0.2) is 5.96 Å². The Morgan fingerprint density at radius 1 is 0.929 bits per heavy atom. The van der Waals surface area contributed by atoms with Crippen LogP contribution in [0.2, 0.25) is 0 Å². The second-order valence-corrected chi connectivity index (χ2v) is 5.99. The van der Waals surface area contributed by atoms with Gasteiger partial charge < -0.3 is 15.4 Å². The third kappa shape index (κ3) is 7.19. The molecule has 0 atom stereocenters. The van der Waals surface area contributed by atoms with Crippen LogP contribution < -0.4 is 15.4 Å². The summed E-state index contributed by atoms with van der Waals surface area (Å²) in [7, 11) is 1.77. The van der Waals surface area contributed by atoms with Crippen molar-refractivity contribution in [3.8, 4) is 11.5 Å². The SMILES string of the molecule is CN=C(NCCc1ccccn1)NCc1cccc(Oc2ccccc2)c1.I. The van der Waals surface area contributed by atoms with E-state index in [1.165, 1.54) is 0 Å². The van der Waals surface area contributed by atoms with Crippen LogP contribution >= 0.6 is 24.0 Å². The Kier molecular flexibility index (Phi) is 9.27. The van der Waals surface area contributed by atoms with Crippen molar-refractivity contribution < 1.29 is 4.74 Å². The highest BCUT2D eigenvalue weighted by atomic mass is 127. The minimum atomic E-state index is 0. The van der Waals surface area contributed by atoms with E-state index in [1.54, 1.807) is 7.05 Å². The number of nitrogens with one attached hydrogen (secondary N) is 2. The lowest BCUT2D eigenvalue weighted by Gasteiger charge is -2.12. The van der Waals surface area contributed by atoms with Crippen LogP contribution in [0, 0.1) is 0 Å². The second kappa shape index (κ2) is 12.0. The highest BCUT2D eigenvalue weighted by Crippen LogP contribution is 2.21. The summed E-state index contributed by atoms with van der Waals surface area (Å²) in [6.07, 6.45) is 2.66. The molecular formula is C22H25IN4O. The van der Waals surface area contributed by atoms with E-state index in [-0.39, 0.29) is 24.0 Å². The molecule has 28 heavy (non-hydrogen) atoms. The van der Waals surface area contributed by atoms with E-state index >= 15 is 0 Å². The number of hydrogen-bond acceptors (Lipinski definition) is 3. The van der Waals surface area contributed by atoms with Gasteiger partial charge in [-0.2, -0.15) is 0 Å². The largest absolute Gasteiger partial charge is 0.457 e. The molecule has 0 saturated heterocycles. The first-order valence-electron chi connectivity index (χ1n) is 9.00. The molecule has 0 spiro atoms. The van der Waals surface area contributed by atoms with Crippen LogP contribution in [-0.2, 0) is 13.0 Å². The number of nitrogens with zero attached hydrogens (tertiary/aromatic N) is 2. The minimum absolute atomic E-state index is 0. The molecule has 0 fully saturated rings. The summed E-state index contributed by atoms with van der Waals surface area (Å²) in [5, 5.41) is 6.64. The van der Waals surface area contributed by atoms with Crippen molar-refractivity contribution in [1.29, 1.82) is 0 Å². The van der Waals surface area contributed by atoms with E-state index in [4.69, 9.17) is 4.74 Å². The number of pyridine rings is 1. The first-order chi connectivity index (χ1) is 13.3. The molecule has 3 aromatic rings. The number of hydrogen-bond donors (Lipinski definition) is 2. The molecule has 5 nitrogen and oxygen atoms in total. The van der Waals surface area contributed by atoms with Gasteiger partial charge in [0.2, 0.25) is 0 Å². The Morgan fingerprint density at radius 2 is 1.71 bits per heavy atom. The van der Waals surface area contributed by atoms with Gasteiger partial charge >= 0.3 is 0 Å². The molecule has 2 N–H and O–H groups in total. The molecule has 0 radical (unpaired) electrons. The lowest BCUT2D eigenvalue weighted by molar-refractivity contribution is 0.482. The smallest absolute Gasteiger partial charge is 0.191 e. The zero-order chi connectivity index (χ0) is 18.7. The molecule has 0 aliphatic carbocycles. The summed E-state index contributed by atoms with van der Waals surface area (Å²) in [5.74, 6) is 2.41. The molecule has 0 amide bonds. The molecule has 0 unspecified atom stereocenters. The lowest BCUT2D eigenvalue weighted by atomic mass is 10.2. The number of aliphatic imine (C=N–C) groups is 1. The fourth-order valence-corrected chi connectivity index (χ4v) is 2.60. The normalized spacial score (nSPS) is 10.7. The molecule has 1 aromatic heterocycles. The number of aromatic nitrogens is 1. The van der Waals surface area contributed by atoms with Crippen LogP contribution in [0.4, 0.5) is 0 Å². The third-order valence-corrected chi connectivity index (χ3v) is 3.96. The van der Waals surface area contributed by atoms with Crippen LogP contribution in [0.15, 0.2) is 84.0 Å². The average Bonchev–Trinajstić information content (AvgIpc) is 2.72. The molecule has 1 heterocycles. The quantitative estimate of drug-likeness (QED) is 0.294. The molecule has 2 aromatic carbocycles. The highest BCUT2D eigenvalue weighted by Gasteiger charge is 2.02. The molecule has 0 bridgehead atoms. The number of ether oxygens (including phenoxy) is 1. The Labute approximate surface area is 183 Å². The second-order valence-electron chi connectivity index (χ2n) is 5.99. The first-order valence-corrected chi connectivity index (χ1v) is 9.00. The Morgan fingerprint density at radius 3 is 2.46 bits per heavy atom. The maximum absolute atomic E-state index is 5.89. The van der Waals surface area contributed by atoms with Crippen LogP contribution in [-0.4, -0.2) is 24.5 Å². The number of benzene rings is 2. The van der Waals surface area contributed by atoms with Crippen molar-refractivity contribution in [1.82, 2.24) is 15.6 Å². The predicted molar refractivity (Wildman–Crippen MR) is 125 cm³/mol. The highest BCUT2D eigenvalue weighted by molar-refractivity contribution is 14.0. The number of halogens is 1. The van der Waals surface area contributed by atoms with Crippen molar-refractivity contribution in [2.45, 2.75) is 13.0 Å². The van der Waals surface area contributed by atoms with E-state index in [2.05, 4.69) is 26.7 Å². The Bertz CT molecular complexity index is 857. The number of rotatable bonds is 7. The van der Waals surface area contributed by atoms with E-state index in [1.807, 2.05) is 72.9 Å². The molecule has 0 saturated carbocycles. The van der Waals surface area contributed by atoms with E-state index in [0.717, 1.165) is 41.7 Å². The van der Waals surface area contributed by atoms with Crippen LogP contribution in [0.25, 0.3) is 0 Å². The van der Waals surface area contributed by atoms with Gasteiger partial charge in [0.05, 0.1) is 0 Å². The van der Waals surface area contributed by atoms with Crippen molar-refractivity contribution in [3.05, 3.63) is 90.3 Å². The molecule has 3 rings (SSSR count). The molecule has 0 aliphatic heterocycles. The predicted octanol–water partition coefficient (Wildman–Crippen LogP) is 4.40. The number of para-hydroxylation sites is 1. The van der Waals surface area contributed by atoms with Crippen molar-refractivity contribution in [3.63, 3.8) is 0 Å². The number of guanidine groups is 1. The summed E-state index contributed by atoms with van der Waals surface area (Å²) in [6.45, 7) is 1.43. The Hall–Kier alpha value is -2.61. The zero-order valence-corrected chi connectivity index (χ0v) is 18.2. The fraction of sp³-hybridized carbons (Fsp3) is 0.182. The van der Waals surface area contributed by atoms with E-state index in [0.29, 0.717) is 6.54 Å². The van der Waals surface area contributed by atoms with Gasteiger partial charge in [0.1, 0.15) is 11.5 Å². The minimum Gasteiger partial charge on any atom is -0.457 e. The van der Waals surface area contributed by atoms with Crippen molar-refractivity contribution in [2.75, 3.05) is 13.6 Å². The summed E-state index contributed by atoms with van der Waals surface area (Å²) in [4.78, 5) is 8.59. The van der Waals surface area contributed by atoms with Gasteiger partial charge in [0.25, 0.3) is 0 Å². The standard InChI is InChI=1S/C22H24N4O.HI/c1-23-22(25-15-13-19-9-5-6-14-24-19)26-17-18-8-7-12-21(16-18)27-20-10-3-2-4-11-20;/h2-12,14,16H,13,15,17H2,1H3,(H2,23,25,26);1H. The molecule has 0 aliphatic rings. The molecule has 6 heteroatoms. The summed E-state index contributed by atoms with van der Waals surface area (Å²) >= 11 is 0. The first kappa shape index (κ1) is 21.7. The van der Waals surface area contributed by atoms with Gasteiger partial charge in [-0.15, -0.1) is 24.0 Å². The van der Waals surface area contributed by atoms with Crippen LogP contribution in [0.1, 0.15) is 11.3 Å². The summed E-state index contributed by atoms with van der Waals surface area (Å²) in [6, 6.07) is 23.8. The van der Waals surface area contributed by atoms with Crippen LogP contribution in [0.5, 0.6) is 11.5 Å². The Balaban J connectivity index is 0.00000280. The van der Waals surface area contributed by atoms with E-state index in [9.17, 15) is 0 Å². The van der Waals surface area contributed by atoms with Crippen molar-refractivity contribution >= 4 is 29.9 Å². The maximum Gasteiger partial charge on any atom is 0.191 e. The van der Waals surface area contributed by atoms with Gasteiger partial charge in [-0.1, -0.05) is 36.4 Å². The zero-order valence-electron chi connectivity index (χ0n) is 15.8. The van der Waals surface area contributed by atoms with Gasteiger partial charge in [-0.05, 0) is 42.0 Å². The van der Waals surface area contributed by atoms with Crippen molar-refractivity contribution in [2.24, 2.45) is 4.99 Å². The third-order valence-electron chi connectivity index (χ3n) is 3.96. The fourth-order valence-electron chi connectivity index (χ4n) is 2.60.